The fourth-order valence-electron chi connectivity index (χ4n) is 3.43. The van der Waals surface area contributed by atoms with E-state index >= 15 is 0 Å². The highest BCUT2D eigenvalue weighted by Crippen LogP contribution is 2.41. The zero-order valence-electron chi connectivity index (χ0n) is 22.1. The van der Waals surface area contributed by atoms with Gasteiger partial charge >= 0.3 is 0 Å². The fourth-order valence-corrected chi connectivity index (χ4v) is 6.05. The third-order valence-corrected chi connectivity index (χ3v) is 8.14. The van der Waals surface area contributed by atoms with Crippen molar-refractivity contribution in [2.24, 2.45) is 10.2 Å². The Morgan fingerprint density at radius 1 is 0.824 bits per heavy atom. The van der Waals surface area contributed by atoms with Gasteiger partial charge in [0.15, 0.2) is 10.1 Å². The molecule has 0 saturated carbocycles. The van der Waals surface area contributed by atoms with E-state index in [2.05, 4.69) is 66.0 Å². The Hall–Kier alpha value is -1.06. The second kappa shape index (κ2) is 15.8. The van der Waals surface area contributed by atoms with E-state index in [1.165, 1.54) is 75.7 Å². The highest BCUT2D eigenvalue weighted by atomic mass is 32.2. The van der Waals surface area contributed by atoms with Gasteiger partial charge in [-0.15, -0.1) is 10.2 Å². The van der Waals surface area contributed by atoms with Crippen LogP contribution in [0.1, 0.15) is 111 Å². The van der Waals surface area contributed by atoms with E-state index in [0.717, 1.165) is 39.8 Å². The standard InChI is InChI=1S/C25H44N6S3/c1-7-10-13-14-15-16-19-32-23-27-22(34-30-23)29-28-21-20(25(4,5)6)26-24(33-21)31(17-11-8-2)18-12-9-3/h7-19H2,1-6H3/b29-28-. The monoisotopic (exact) mass is 524 g/mol. The molecule has 0 unspecified atom stereocenters. The molecule has 0 saturated heterocycles. The summed E-state index contributed by atoms with van der Waals surface area (Å²) in [5.41, 5.74) is 0.917. The van der Waals surface area contributed by atoms with Crippen LogP contribution in [0.15, 0.2) is 15.4 Å². The van der Waals surface area contributed by atoms with Gasteiger partial charge in [0.2, 0.25) is 10.3 Å². The zero-order valence-corrected chi connectivity index (χ0v) is 24.5. The lowest BCUT2D eigenvalue weighted by Crippen LogP contribution is -2.25. The first-order chi connectivity index (χ1) is 16.4. The van der Waals surface area contributed by atoms with Gasteiger partial charge in [-0.05, 0) is 19.3 Å². The van der Waals surface area contributed by atoms with Gasteiger partial charge in [0.05, 0.1) is 5.69 Å². The number of thioether (sulfide) groups is 1. The maximum Gasteiger partial charge on any atom is 0.250 e. The molecule has 0 aliphatic rings. The number of aromatic nitrogens is 3. The number of unbranched alkanes of at least 4 members (excludes halogenated alkanes) is 7. The van der Waals surface area contributed by atoms with Crippen LogP contribution in [0.25, 0.3) is 0 Å². The van der Waals surface area contributed by atoms with Crippen LogP contribution in [0.3, 0.4) is 0 Å². The number of nitrogens with zero attached hydrogens (tertiary/aromatic N) is 6. The zero-order chi connectivity index (χ0) is 24.8. The first kappa shape index (κ1) is 29.2. The Kier molecular flexibility index (Phi) is 13.6. The second-order valence-electron chi connectivity index (χ2n) is 9.77. The van der Waals surface area contributed by atoms with E-state index in [0.29, 0.717) is 5.13 Å². The normalized spacial score (nSPS) is 12.2. The summed E-state index contributed by atoms with van der Waals surface area (Å²) in [4.78, 5) is 12.0. The number of rotatable bonds is 17. The molecule has 0 bridgehead atoms. The predicted molar refractivity (Wildman–Crippen MR) is 151 cm³/mol. The van der Waals surface area contributed by atoms with Crippen LogP contribution in [-0.2, 0) is 5.41 Å². The van der Waals surface area contributed by atoms with Gasteiger partial charge < -0.3 is 4.90 Å². The predicted octanol–water partition coefficient (Wildman–Crippen LogP) is 9.57. The smallest absolute Gasteiger partial charge is 0.250 e. The highest BCUT2D eigenvalue weighted by Gasteiger charge is 2.25. The maximum absolute atomic E-state index is 5.04. The first-order valence-corrected chi connectivity index (χ1v) is 15.6. The van der Waals surface area contributed by atoms with Gasteiger partial charge in [-0.3, -0.25) is 0 Å². The van der Waals surface area contributed by atoms with Crippen LogP contribution in [0, 0.1) is 0 Å². The van der Waals surface area contributed by atoms with Crippen molar-refractivity contribution in [3.05, 3.63) is 5.69 Å². The molecule has 0 aromatic carbocycles. The summed E-state index contributed by atoms with van der Waals surface area (Å²) in [5, 5.41) is 12.5. The second-order valence-corrected chi connectivity index (χ2v) is 12.5. The number of azo groups is 1. The first-order valence-electron chi connectivity index (χ1n) is 13.0. The Morgan fingerprint density at radius 2 is 1.47 bits per heavy atom. The molecule has 2 heterocycles. The molecule has 2 aromatic heterocycles. The van der Waals surface area contributed by atoms with E-state index in [1.807, 2.05) is 0 Å². The number of thiazole rings is 1. The lowest BCUT2D eigenvalue weighted by atomic mass is 9.93. The Balaban J connectivity index is 2.04. The molecule has 0 radical (unpaired) electrons. The van der Waals surface area contributed by atoms with Crippen molar-refractivity contribution in [3.8, 4) is 0 Å². The molecule has 0 fully saturated rings. The van der Waals surface area contributed by atoms with Crippen LogP contribution in [0.5, 0.6) is 0 Å². The van der Waals surface area contributed by atoms with Crippen molar-refractivity contribution in [3.63, 3.8) is 0 Å². The van der Waals surface area contributed by atoms with Gasteiger partial charge in [0, 0.05) is 35.8 Å². The molecule has 9 heteroatoms. The van der Waals surface area contributed by atoms with Gasteiger partial charge in [-0.2, -0.15) is 9.36 Å². The number of hydrogen-bond acceptors (Lipinski definition) is 9. The summed E-state index contributed by atoms with van der Waals surface area (Å²) in [6.45, 7) is 15.4. The molecule has 0 aliphatic carbocycles. The number of anilines is 1. The van der Waals surface area contributed by atoms with E-state index in [-0.39, 0.29) is 5.41 Å². The summed E-state index contributed by atoms with van der Waals surface area (Å²) in [5.74, 6) is 1.07. The van der Waals surface area contributed by atoms with E-state index in [1.54, 1.807) is 23.1 Å². The van der Waals surface area contributed by atoms with Crippen LogP contribution in [0.4, 0.5) is 15.3 Å². The largest absolute Gasteiger partial charge is 0.348 e. The van der Waals surface area contributed by atoms with E-state index < -0.39 is 0 Å². The van der Waals surface area contributed by atoms with Crippen LogP contribution < -0.4 is 4.90 Å². The topological polar surface area (TPSA) is 66.6 Å². The third kappa shape index (κ3) is 10.3. The molecule has 0 aliphatic heterocycles. The average molecular weight is 525 g/mol. The maximum atomic E-state index is 5.04. The van der Waals surface area contributed by atoms with Gasteiger partial charge in [0.1, 0.15) is 0 Å². The van der Waals surface area contributed by atoms with Crippen molar-refractivity contribution in [2.75, 3.05) is 23.7 Å². The van der Waals surface area contributed by atoms with Crippen molar-refractivity contribution in [1.82, 2.24) is 14.3 Å². The minimum absolute atomic E-state index is 0.0937. The molecule has 192 valence electrons. The van der Waals surface area contributed by atoms with Gasteiger partial charge in [0.25, 0.3) is 0 Å². The number of hydrogen-bond donors (Lipinski definition) is 0. The van der Waals surface area contributed by atoms with Crippen molar-refractivity contribution < 1.29 is 0 Å². The summed E-state index contributed by atoms with van der Waals surface area (Å²) in [6.07, 6.45) is 12.6. The lowest BCUT2D eigenvalue weighted by Gasteiger charge is -2.21. The third-order valence-electron chi connectivity index (χ3n) is 5.49. The Morgan fingerprint density at radius 3 is 2.12 bits per heavy atom. The van der Waals surface area contributed by atoms with E-state index in [9.17, 15) is 0 Å². The molecule has 0 amide bonds. The van der Waals surface area contributed by atoms with Crippen molar-refractivity contribution in [1.29, 1.82) is 0 Å². The average Bonchev–Trinajstić information content (AvgIpc) is 3.44. The molecule has 0 atom stereocenters. The summed E-state index contributed by atoms with van der Waals surface area (Å²) >= 11 is 4.70. The highest BCUT2D eigenvalue weighted by molar-refractivity contribution is 7.99. The van der Waals surface area contributed by atoms with Crippen LogP contribution in [0.2, 0.25) is 0 Å². The molecule has 2 aromatic rings. The molecule has 2 rings (SSSR count). The molecular weight excluding hydrogens is 481 g/mol. The van der Waals surface area contributed by atoms with Crippen molar-refractivity contribution >= 4 is 49.9 Å². The molecular formula is C25H44N6S3. The summed E-state index contributed by atoms with van der Waals surface area (Å²) < 4.78 is 4.47. The molecule has 0 N–H and O–H groups in total. The summed E-state index contributed by atoms with van der Waals surface area (Å²) in [6, 6.07) is 0. The molecule has 34 heavy (non-hydrogen) atoms. The SMILES string of the molecule is CCCCCCCCSc1nsc(/N=N\c2sc(N(CCCC)CCCC)nc2C(C)(C)C)n1. The van der Waals surface area contributed by atoms with E-state index in [4.69, 9.17) is 4.98 Å². The fraction of sp³-hybridized carbons (Fsp3) is 0.800. The lowest BCUT2D eigenvalue weighted by molar-refractivity contribution is 0.571. The van der Waals surface area contributed by atoms with Gasteiger partial charge in [-0.25, -0.2) is 4.98 Å². The molecule has 0 spiro atoms. The molecule has 6 nitrogen and oxygen atoms in total. The van der Waals surface area contributed by atoms with Crippen LogP contribution in [-0.4, -0.2) is 33.2 Å². The van der Waals surface area contributed by atoms with Crippen molar-refractivity contribution in [2.45, 2.75) is 116 Å². The minimum atomic E-state index is -0.0937. The summed E-state index contributed by atoms with van der Waals surface area (Å²) in [7, 11) is 0. The quantitative estimate of drug-likeness (QED) is 0.117. The van der Waals surface area contributed by atoms with Crippen LogP contribution >= 0.6 is 34.6 Å². The minimum Gasteiger partial charge on any atom is -0.348 e. The Bertz CT molecular complexity index is 832. The Labute approximate surface area is 219 Å². The van der Waals surface area contributed by atoms with Gasteiger partial charge in [-0.1, -0.05) is 110 Å².